The minimum atomic E-state index is -2.10. The van der Waals surface area contributed by atoms with Crippen LogP contribution in [0, 0.1) is 0 Å². The average Bonchev–Trinajstić information content (AvgIpc) is 3.48. The van der Waals surface area contributed by atoms with E-state index < -0.39 is 13.9 Å². The Kier molecular flexibility index (Phi) is 10.7. The standard InChI is InChI=1S/C40H59N5O5Si/c1-39(2,3)50-38(47)44-19-20-45(30(24-44)26-49-51(8,9)40(4,5)6)36-33-17-16-28(34-23-31(46)21-27-13-10-11-15-32(27)34)22-35(33)41-37(42-36)48-25-29-14-12-18-43(29)7/h10-11,13,15,21,23,28-30,46H,12,14,16-20,22,24-26H2,1-9H3/t28?,29-,30+/m0/s1. The lowest BCUT2D eigenvalue weighted by Gasteiger charge is -2.45. The Labute approximate surface area is 305 Å². The Morgan fingerprint density at radius 1 is 0.980 bits per heavy atom. The molecule has 3 aromatic rings. The van der Waals surface area contributed by atoms with Crippen LogP contribution in [-0.2, 0) is 22.0 Å². The average molecular weight is 718 g/mol. The molecule has 0 saturated carbocycles. The molecule has 3 aliphatic rings. The minimum absolute atomic E-state index is 0.0465. The zero-order valence-electron chi connectivity index (χ0n) is 32.3. The number of likely N-dealkylation sites (tertiary alicyclic amines) is 1. The molecular weight excluding hydrogens is 659 g/mol. The summed E-state index contributed by atoms with van der Waals surface area (Å²) < 4.78 is 19.1. The van der Waals surface area contributed by atoms with Crippen molar-refractivity contribution in [2.75, 3.05) is 51.3 Å². The summed E-state index contributed by atoms with van der Waals surface area (Å²) in [6.07, 6.45) is 4.40. The fourth-order valence-corrected chi connectivity index (χ4v) is 8.50. The number of rotatable bonds is 8. The third-order valence-corrected chi connectivity index (χ3v) is 16.0. The van der Waals surface area contributed by atoms with Gasteiger partial charge in [-0.3, -0.25) is 0 Å². The summed E-state index contributed by atoms with van der Waals surface area (Å²) in [6, 6.07) is 12.7. The first-order valence-electron chi connectivity index (χ1n) is 18.8. The molecule has 6 rings (SSSR count). The van der Waals surface area contributed by atoms with Gasteiger partial charge < -0.3 is 33.7 Å². The van der Waals surface area contributed by atoms with Gasteiger partial charge in [-0.1, -0.05) is 45.0 Å². The van der Waals surface area contributed by atoms with Crippen molar-refractivity contribution in [1.29, 1.82) is 0 Å². The largest absolute Gasteiger partial charge is 0.508 e. The van der Waals surface area contributed by atoms with E-state index in [9.17, 15) is 9.90 Å². The van der Waals surface area contributed by atoms with E-state index in [4.69, 9.17) is 23.9 Å². The quantitative estimate of drug-likeness (QED) is 0.237. The number of aromatic hydroxyl groups is 1. The molecule has 2 fully saturated rings. The summed E-state index contributed by atoms with van der Waals surface area (Å²) in [6.45, 7) is 20.7. The molecule has 2 aromatic carbocycles. The highest BCUT2D eigenvalue weighted by Gasteiger charge is 2.41. The van der Waals surface area contributed by atoms with Gasteiger partial charge in [0.1, 0.15) is 23.8 Å². The maximum absolute atomic E-state index is 13.4. The van der Waals surface area contributed by atoms with E-state index in [-0.39, 0.29) is 28.8 Å². The molecule has 1 amide bonds. The molecular formula is C40H59N5O5Si. The highest BCUT2D eigenvalue weighted by Crippen LogP contribution is 2.42. The first-order chi connectivity index (χ1) is 24.0. The SMILES string of the molecule is CN1CCC[C@H]1COc1nc2c(c(N3CCN(C(=O)OC(C)(C)C)C[C@@H]3CO[Si](C)(C)C(C)(C)C)n1)CCC(c1cc(O)cc3ccccc13)C2. The maximum Gasteiger partial charge on any atom is 0.410 e. The predicted octanol–water partition coefficient (Wildman–Crippen LogP) is 7.53. The monoisotopic (exact) mass is 717 g/mol. The summed E-state index contributed by atoms with van der Waals surface area (Å²) >= 11 is 0. The Morgan fingerprint density at radius 2 is 1.75 bits per heavy atom. The van der Waals surface area contributed by atoms with Gasteiger partial charge in [0.25, 0.3) is 0 Å². The van der Waals surface area contributed by atoms with Crippen LogP contribution in [0.3, 0.4) is 0 Å². The zero-order chi connectivity index (χ0) is 36.7. The van der Waals surface area contributed by atoms with Gasteiger partial charge >= 0.3 is 12.1 Å². The number of hydrogen-bond acceptors (Lipinski definition) is 9. The number of hydrogen-bond donors (Lipinski definition) is 1. The Hall–Kier alpha value is -3.41. The summed E-state index contributed by atoms with van der Waals surface area (Å²) in [4.78, 5) is 30.2. The van der Waals surface area contributed by atoms with Crippen molar-refractivity contribution >= 4 is 31.0 Å². The fourth-order valence-electron chi connectivity index (χ4n) is 7.45. The van der Waals surface area contributed by atoms with E-state index >= 15 is 0 Å². The van der Waals surface area contributed by atoms with Crippen molar-refractivity contribution in [3.63, 3.8) is 0 Å². The van der Waals surface area contributed by atoms with Gasteiger partial charge in [0, 0.05) is 31.2 Å². The number of likely N-dealkylation sites (N-methyl/N-ethyl adjacent to an activating group) is 1. The Bertz CT molecular complexity index is 1720. The van der Waals surface area contributed by atoms with Crippen LogP contribution in [-0.4, -0.2) is 103 Å². The second-order valence-electron chi connectivity index (χ2n) is 17.4. The molecule has 3 atom stereocenters. The topological polar surface area (TPSA) is 100 Å². The van der Waals surface area contributed by atoms with E-state index in [1.807, 2.05) is 43.9 Å². The number of benzene rings is 2. The number of ether oxygens (including phenoxy) is 2. The number of aromatic nitrogens is 2. The molecule has 0 spiro atoms. The van der Waals surface area contributed by atoms with Crippen molar-refractivity contribution in [1.82, 2.24) is 19.8 Å². The molecule has 2 saturated heterocycles. The molecule has 3 heterocycles. The molecule has 1 N–H and O–H groups in total. The minimum Gasteiger partial charge on any atom is -0.508 e. The number of phenolic OH excluding ortho intramolecular Hbond substituents is 1. The van der Waals surface area contributed by atoms with Gasteiger partial charge in [0.2, 0.25) is 0 Å². The number of piperazine rings is 1. The summed E-state index contributed by atoms with van der Waals surface area (Å²) in [5.41, 5.74) is 2.71. The molecule has 1 unspecified atom stereocenters. The van der Waals surface area contributed by atoms with Crippen LogP contribution in [0.5, 0.6) is 11.8 Å². The molecule has 51 heavy (non-hydrogen) atoms. The highest BCUT2D eigenvalue weighted by molar-refractivity contribution is 6.74. The molecule has 0 bridgehead atoms. The Balaban J connectivity index is 1.36. The van der Waals surface area contributed by atoms with Crippen LogP contribution >= 0.6 is 0 Å². The van der Waals surface area contributed by atoms with Crippen LogP contribution in [0.1, 0.15) is 83.5 Å². The fraction of sp³-hybridized carbons (Fsp3) is 0.625. The van der Waals surface area contributed by atoms with Crippen LogP contribution in [0.4, 0.5) is 10.6 Å². The van der Waals surface area contributed by atoms with Gasteiger partial charge in [-0.2, -0.15) is 9.97 Å². The number of carbonyl (C=O) groups is 1. The van der Waals surface area contributed by atoms with Gasteiger partial charge in [-0.15, -0.1) is 0 Å². The summed E-state index contributed by atoms with van der Waals surface area (Å²) in [5.74, 6) is 1.37. The smallest absolute Gasteiger partial charge is 0.410 e. The van der Waals surface area contributed by atoms with E-state index in [1.54, 1.807) is 0 Å². The molecule has 1 aromatic heterocycles. The van der Waals surface area contributed by atoms with Crippen molar-refractivity contribution in [3.8, 4) is 11.8 Å². The molecule has 278 valence electrons. The third-order valence-electron chi connectivity index (χ3n) is 11.5. The van der Waals surface area contributed by atoms with Crippen LogP contribution in [0.15, 0.2) is 36.4 Å². The lowest BCUT2D eigenvalue weighted by Crippen LogP contribution is -2.59. The van der Waals surface area contributed by atoms with Gasteiger partial charge in [0.15, 0.2) is 8.32 Å². The summed E-state index contributed by atoms with van der Waals surface area (Å²) in [5, 5.41) is 13.0. The number of carbonyl (C=O) groups excluding carboxylic acids is 1. The van der Waals surface area contributed by atoms with Gasteiger partial charge in [-0.25, -0.2) is 4.79 Å². The van der Waals surface area contributed by atoms with Gasteiger partial charge in [-0.05, 0) is 119 Å². The van der Waals surface area contributed by atoms with Crippen molar-refractivity contribution in [2.45, 2.75) is 115 Å². The van der Waals surface area contributed by atoms with E-state index in [2.05, 4.69) is 68.9 Å². The number of anilines is 1. The molecule has 1 aliphatic carbocycles. The van der Waals surface area contributed by atoms with Crippen LogP contribution in [0.25, 0.3) is 10.8 Å². The predicted molar refractivity (Wildman–Crippen MR) is 206 cm³/mol. The number of fused-ring (bicyclic) bond motifs is 2. The van der Waals surface area contributed by atoms with Crippen molar-refractivity contribution in [2.24, 2.45) is 0 Å². The third kappa shape index (κ3) is 8.47. The normalized spacial score (nSPS) is 21.9. The lowest BCUT2D eigenvalue weighted by atomic mass is 9.80. The second-order valence-corrected chi connectivity index (χ2v) is 22.2. The molecule has 2 aliphatic heterocycles. The zero-order valence-corrected chi connectivity index (χ0v) is 33.3. The maximum atomic E-state index is 13.4. The van der Waals surface area contributed by atoms with Crippen molar-refractivity contribution < 1.29 is 23.8 Å². The first kappa shape index (κ1) is 37.3. The van der Waals surface area contributed by atoms with E-state index in [1.165, 1.54) is 5.39 Å². The number of phenols is 1. The molecule has 11 heteroatoms. The lowest BCUT2D eigenvalue weighted by molar-refractivity contribution is 0.0198. The summed E-state index contributed by atoms with van der Waals surface area (Å²) in [7, 11) is 0.0558. The van der Waals surface area contributed by atoms with Crippen LogP contribution < -0.4 is 9.64 Å². The Morgan fingerprint density at radius 3 is 2.45 bits per heavy atom. The van der Waals surface area contributed by atoms with Crippen molar-refractivity contribution in [3.05, 3.63) is 53.2 Å². The molecule has 0 radical (unpaired) electrons. The number of amides is 1. The highest BCUT2D eigenvalue weighted by atomic mass is 28.4. The molecule has 10 nitrogen and oxygen atoms in total. The van der Waals surface area contributed by atoms with Crippen LogP contribution in [0.2, 0.25) is 18.1 Å². The van der Waals surface area contributed by atoms with E-state index in [0.29, 0.717) is 44.9 Å². The van der Waals surface area contributed by atoms with Gasteiger partial charge in [0.05, 0.1) is 18.3 Å². The number of nitrogens with zero attached hydrogens (tertiary/aromatic N) is 5. The second kappa shape index (κ2) is 14.5. The first-order valence-corrected chi connectivity index (χ1v) is 21.7. The van der Waals surface area contributed by atoms with E-state index in [0.717, 1.165) is 66.7 Å².